The van der Waals surface area contributed by atoms with Gasteiger partial charge in [0.2, 0.25) is 0 Å². The molecule has 0 saturated heterocycles. The molecule has 1 unspecified atom stereocenters. The van der Waals surface area contributed by atoms with Crippen molar-refractivity contribution in [2.75, 3.05) is 6.61 Å². The molecule has 1 aromatic rings. The van der Waals surface area contributed by atoms with Crippen LogP contribution >= 0.6 is 0 Å². The maximum atomic E-state index is 13.1. The first-order chi connectivity index (χ1) is 8.81. The van der Waals surface area contributed by atoms with Crippen molar-refractivity contribution in [3.05, 3.63) is 29.6 Å². The average molecular weight is 279 g/mol. The summed E-state index contributed by atoms with van der Waals surface area (Å²) in [4.78, 5) is 0. The lowest BCUT2D eigenvalue weighted by Crippen LogP contribution is -2.25. The molecule has 0 amide bonds. The van der Waals surface area contributed by atoms with Gasteiger partial charge in [-0.1, -0.05) is 6.92 Å². The minimum Gasteiger partial charge on any atom is -0.484 e. The second kappa shape index (κ2) is 6.75. The lowest BCUT2D eigenvalue weighted by atomic mass is 10.1. The first-order valence-corrected chi connectivity index (χ1v) is 6.03. The van der Waals surface area contributed by atoms with Crippen LogP contribution in [0.5, 0.6) is 5.75 Å². The molecule has 1 aromatic carbocycles. The predicted molar refractivity (Wildman–Crippen MR) is 64.5 cm³/mol. The van der Waals surface area contributed by atoms with E-state index in [1.807, 2.05) is 13.8 Å². The Morgan fingerprint density at radius 3 is 2.58 bits per heavy atom. The van der Waals surface area contributed by atoms with Crippen molar-refractivity contribution in [1.82, 2.24) is 5.32 Å². The molecule has 19 heavy (non-hydrogen) atoms. The number of alkyl halides is 3. The fourth-order valence-corrected chi connectivity index (χ4v) is 1.42. The van der Waals surface area contributed by atoms with Gasteiger partial charge in [-0.15, -0.1) is 0 Å². The van der Waals surface area contributed by atoms with Crippen LogP contribution in [-0.4, -0.2) is 18.8 Å². The van der Waals surface area contributed by atoms with Crippen LogP contribution in [0.25, 0.3) is 0 Å². The Hall–Kier alpha value is -1.30. The zero-order valence-corrected chi connectivity index (χ0v) is 10.9. The molecular weight excluding hydrogens is 262 g/mol. The Morgan fingerprint density at radius 2 is 2.00 bits per heavy atom. The number of benzene rings is 1. The highest BCUT2D eigenvalue weighted by molar-refractivity contribution is 5.34. The number of ether oxygens (including phenoxy) is 1. The van der Waals surface area contributed by atoms with Gasteiger partial charge in [0.25, 0.3) is 0 Å². The molecule has 0 heterocycles. The number of halogens is 4. The van der Waals surface area contributed by atoms with Gasteiger partial charge in [-0.25, -0.2) is 4.39 Å². The summed E-state index contributed by atoms with van der Waals surface area (Å²) < 4.78 is 54.1. The topological polar surface area (TPSA) is 21.3 Å². The molecular formula is C13H17F4NO. The Kier molecular flexibility index (Phi) is 5.60. The van der Waals surface area contributed by atoms with E-state index < -0.39 is 18.6 Å². The number of hydrogen-bond acceptors (Lipinski definition) is 2. The molecule has 0 radical (unpaired) electrons. The molecule has 1 N–H and O–H groups in total. The van der Waals surface area contributed by atoms with Crippen molar-refractivity contribution in [3.63, 3.8) is 0 Å². The first kappa shape index (κ1) is 15.8. The van der Waals surface area contributed by atoms with E-state index in [-0.39, 0.29) is 18.3 Å². The predicted octanol–water partition coefficient (Wildman–Crippen LogP) is 3.65. The lowest BCUT2D eigenvalue weighted by molar-refractivity contribution is -0.153. The quantitative estimate of drug-likeness (QED) is 0.802. The van der Waals surface area contributed by atoms with Gasteiger partial charge < -0.3 is 10.1 Å². The van der Waals surface area contributed by atoms with E-state index in [1.165, 1.54) is 12.1 Å². The van der Waals surface area contributed by atoms with Gasteiger partial charge in [0, 0.05) is 18.2 Å². The van der Waals surface area contributed by atoms with E-state index in [4.69, 9.17) is 4.74 Å². The third-order valence-electron chi connectivity index (χ3n) is 2.67. The molecule has 0 aliphatic heterocycles. The van der Waals surface area contributed by atoms with Gasteiger partial charge >= 0.3 is 6.18 Å². The van der Waals surface area contributed by atoms with Gasteiger partial charge in [-0.05, 0) is 31.5 Å². The largest absolute Gasteiger partial charge is 0.484 e. The molecule has 0 spiro atoms. The van der Waals surface area contributed by atoms with Crippen LogP contribution in [0.4, 0.5) is 17.6 Å². The van der Waals surface area contributed by atoms with E-state index in [0.29, 0.717) is 5.56 Å². The maximum absolute atomic E-state index is 13.1. The van der Waals surface area contributed by atoms with Crippen molar-refractivity contribution in [3.8, 4) is 5.75 Å². The van der Waals surface area contributed by atoms with Gasteiger partial charge in [0.1, 0.15) is 11.6 Å². The summed E-state index contributed by atoms with van der Waals surface area (Å²) in [5.41, 5.74) is 0.379. The monoisotopic (exact) mass is 279 g/mol. The van der Waals surface area contributed by atoms with Crippen molar-refractivity contribution in [2.24, 2.45) is 0 Å². The van der Waals surface area contributed by atoms with Gasteiger partial charge in [-0.3, -0.25) is 0 Å². The summed E-state index contributed by atoms with van der Waals surface area (Å²) in [5, 5.41) is 3.09. The highest BCUT2D eigenvalue weighted by Gasteiger charge is 2.28. The van der Waals surface area contributed by atoms with E-state index in [0.717, 1.165) is 12.5 Å². The van der Waals surface area contributed by atoms with Crippen LogP contribution in [0.1, 0.15) is 25.8 Å². The zero-order chi connectivity index (χ0) is 14.5. The van der Waals surface area contributed by atoms with Crippen molar-refractivity contribution in [2.45, 2.75) is 39.0 Å². The second-order valence-electron chi connectivity index (χ2n) is 4.35. The number of hydrogen-bond donors (Lipinski definition) is 1. The van der Waals surface area contributed by atoms with Crippen molar-refractivity contribution >= 4 is 0 Å². The minimum absolute atomic E-state index is 0.0505. The van der Waals surface area contributed by atoms with Crippen molar-refractivity contribution < 1.29 is 22.3 Å². The first-order valence-electron chi connectivity index (χ1n) is 6.03. The zero-order valence-electron chi connectivity index (χ0n) is 10.9. The minimum atomic E-state index is -4.41. The Labute approximate surface area is 109 Å². The van der Waals surface area contributed by atoms with Gasteiger partial charge in [0.05, 0.1) is 0 Å². The summed E-state index contributed by atoms with van der Waals surface area (Å²) in [6.45, 7) is 2.80. The maximum Gasteiger partial charge on any atom is 0.422 e. The molecule has 1 rings (SSSR count). The van der Waals surface area contributed by atoms with E-state index in [2.05, 4.69) is 5.32 Å². The SMILES string of the molecule is CCC(C)NCc1cc(F)ccc1OCC(F)(F)F. The molecule has 0 aliphatic rings. The van der Waals surface area contributed by atoms with Crippen LogP contribution in [0, 0.1) is 5.82 Å². The molecule has 0 saturated carbocycles. The molecule has 0 aliphatic carbocycles. The molecule has 1 atom stereocenters. The van der Waals surface area contributed by atoms with Gasteiger partial charge in [-0.2, -0.15) is 13.2 Å². The molecule has 0 bridgehead atoms. The van der Waals surface area contributed by atoms with Crippen LogP contribution in [0.2, 0.25) is 0 Å². The summed E-state index contributed by atoms with van der Waals surface area (Å²) in [7, 11) is 0. The van der Waals surface area contributed by atoms with E-state index >= 15 is 0 Å². The molecule has 108 valence electrons. The highest BCUT2D eigenvalue weighted by Crippen LogP contribution is 2.23. The van der Waals surface area contributed by atoms with E-state index in [9.17, 15) is 17.6 Å². The summed E-state index contributed by atoms with van der Waals surface area (Å²) >= 11 is 0. The van der Waals surface area contributed by atoms with E-state index in [1.54, 1.807) is 0 Å². The fourth-order valence-electron chi connectivity index (χ4n) is 1.42. The van der Waals surface area contributed by atoms with Crippen LogP contribution in [0.3, 0.4) is 0 Å². The number of rotatable bonds is 6. The standard InChI is InChI=1S/C13H17F4NO/c1-3-9(2)18-7-10-6-11(14)4-5-12(10)19-8-13(15,16)17/h4-6,9,18H,3,7-8H2,1-2H3. The Morgan fingerprint density at radius 1 is 1.32 bits per heavy atom. The number of nitrogens with one attached hydrogen (secondary N) is 1. The summed E-state index contributed by atoms with van der Waals surface area (Å²) in [6, 6.07) is 3.67. The average Bonchev–Trinajstić information content (AvgIpc) is 2.33. The molecule has 0 fully saturated rings. The Balaban J connectivity index is 2.74. The second-order valence-corrected chi connectivity index (χ2v) is 4.35. The fraction of sp³-hybridized carbons (Fsp3) is 0.538. The summed E-state index contributed by atoms with van der Waals surface area (Å²) in [5.74, 6) is -0.449. The smallest absolute Gasteiger partial charge is 0.422 e. The normalized spacial score (nSPS) is 13.4. The van der Waals surface area contributed by atoms with Crippen LogP contribution < -0.4 is 10.1 Å². The Bertz CT molecular complexity index is 406. The third kappa shape index (κ3) is 5.92. The molecule has 2 nitrogen and oxygen atoms in total. The van der Waals surface area contributed by atoms with Gasteiger partial charge in [0.15, 0.2) is 6.61 Å². The van der Waals surface area contributed by atoms with Crippen LogP contribution in [-0.2, 0) is 6.54 Å². The lowest BCUT2D eigenvalue weighted by Gasteiger charge is -2.16. The highest BCUT2D eigenvalue weighted by atomic mass is 19.4. The third-order valence-corrected chi connectivity index (χ3v) is 2.67. The van der Waals surface area contributed by atoms with Crippen molar-refractivity contribution in [1.29, 1.82) is 0 Å². The van der Waals surface area contributed by atoms with Crippen LogP contribution in [0.15, 0.2) is 18.2 Å². The molecule has 0 aromatic heterocycles. The summed E-state index contributed by atoms with van der Waals surface area (Å²) in [6.07, 6.45) is -3.54. The molecule has 6 heteroatoms.